The van der Waals surface area contributed by atoms with Crippen molar-refractivity contribution in [3.63, 3.8) is 0 Å². The number of carbonyl (C=O) groups is 1. The highest BCUT2D eigenvalue weighted by Gasteiger charge is 2.35. The Hall–Kier alpha value is -1.63. The van der Waals surface area contributed by atoms with E-state index >= 15 is 0 Å². The molecule has 0 spiro atoms. The minimum absolute atomic E-state index is 0.0757. The number of carbonyl (C=O) groups excluding carboxylic acids is 1. The first-order valence-corrected chi connectivity index (χ1v) is 4.89. The predicted molar refractivity (Wildman–Crippen MR) is 53.6 cm³/mol. The fraction of sp³-hybridized carbons (Fsp3) is 0.364. The molecule has 0 atom stereocenters. The van der Waals surface area contributed by atoms with Crippen molar-refractivity contribution in [2.75, 3.05) is 20.3 Å². The lowest BCUT2D eigenvalue weighted by Crippen LogP contribution is -2.15. The van der Waals surface area contributed by atoms with Gasteiger partial charge in [0, 0.05) is 7.11 Å². The van der Waals surface area contributed by atoms with Crippen molar-refractivity contribution in [2.24, 2.45) is 0 Å². The third-order valence-corrected chi connectivity index (χ3v) is 2.04. The number of hydrogen-bond donors (Lipinski definition) is 0. The van der Waals surface area contributed by atoms with Gasteiger partial charge in [0.1, 0.15) is 12.4 Å². The molecule has 0 bridgehead atoms. The molecule has 0 aliphatic carbocycles. The van der Waals surface area contributed by atoms with E-state index in [0.717, 1.165) is 12.1 Å². The molecule has 0 heterocycles. The van der Waals surface area contributed by atoms with Crippen molar-refractivity contribution in [3.8, 4) is 0 Å². The van der Waals surface area contributed by atoms with Gasteiger partial charge in [-0.05, 0) is 12.1 Å². The predicted octanol–water partition coefficient (Wildman–Crippen LogP) is 2.65. The zero-order valence-electron chi connectivity index (χ0n) is 9.38. The van der Waals surface area contributed by atoms with Crippen LogP contribution in [0.2, 0.25) is 0 Å². The summed E-state index contributed by atoms with van der Waals surface area (Å²) < 4.78 is 59.8. The van der Waals surface area contributed by atoms with Gasteiger partial charge in [-0.15, -0.1) is 0 Å². The molecule has 0 saturated heterocycles. The summed E-state index contributed by atoms with van der Waals surface area (Å²) in [5.41, 5.74) is -2.25. The maximum absolute atomic E-state index is 13.5. The summed E-state index contributed by atoms with van der Waals surface area (Å²) in [6, 6.07) is 2.43. The topological polar surface area (TPSA) is 35.5 Å². The molecule has 3 nitrogen and oxygen atoms in total. The molecule has 1 rings (SSSR count). The van der Waals surface area contributed by atoms with Gasteiger partial charge in [0.25, 0.3) is 0 Å². The van der Waals surface area contributed by atoms with Gasteiger partial charge in [-0.3, -0.25) is 0 Å². The molecule has 0 aliphatic rings. The minimum atomic E-state index is -4.85. The molecule has 0 unspecified atom stereocenters. The second-order valence-corrected chi connectivity index (χ2v) is 3.29. The summed E-state index contributed by atoms with van der Waals surface area (Å²) in [6.07, 6.45) is -4.85. The van der Waals surface area contributed by atoms with E-state index in [2.05, 4.69) is 9.47 Å². The fourth-order valence-electron chi connectivity index (χ4n) is 1.20. The molecular formula is C11H10F4O3. The van der Waals surface area contributed by atoms with Crippen LogP contribution in [0.15, 0.2) is 18.2 Å². The highest BCUT2D eigenvalue weighted by atomic mass is 19.4. The van der Waals surface area contributed by atoms with Crippen LogP contribution in [0, 0.1) is 5.82 Å². The molecule has 18 heavy (non-hydrogen) atoms. The van der Waals surface area contributed by atoms with Gasteiger partial charge < -0.3 is 9.47 Å². The number of halogens is 4. The first-order valence-electron chi connectivity index (χ1n) is 4.89. The lowest BCUT2D eigenvalue weighted by atomic mass is 10.1. The first kappa shape index (κ1) is 14.4. The highest BCUT2D eigenvalue weighted by Crippen LogP contribution is 2.32. The number of methoxy groups -OCH3 is 1. The maximum Gasteiger partial charge on any atom is 0.419 e. The second-order valence-electron chi connectivity index (χ2n) is 3.29. The Labute approximate surface area is 100 Å². The molecule has 0 radical (unpaired) electrons. The molecule has 100 valence electrons. The molecule has 0 fully saturated rings. The molecule has 0 N–H and O–H groups in total. The van der Waals surface area contributed by atoms with Gasteiger partial charge in [-0.2, -0.15) is 13.2 Å². The number of benzene rings is 1. The Kier molecular flexibility index (Phi) is 4.66. The molecule has 0 amide bonds. The summed E-state index contributed by atoms with van der Waals surface area (Å²) in [5.74, 6) is -2.79. The number of ether oxygens (including phenoxy) is 2. The van der Waals surface area contributed by atoms with Crippen LogP contribution in [0.4, 0.5) is 17.6 Å². The van der Waals surface area contributed by atoms with Crippen LogP contribution in [-0.4, -0.2) is 26.3 Å². The Bertz CT molecular complexity index is 429. The lowest BCUT2D eigenvalue weighted by molar-refractivity contribution is -0.140. The van der Waals surface area contributed by atoms with Crippen molar-refractivity contribution in [1.29, 1.82) is 0 Å². The minimum Gasteiger partial charge on any atom is -0.460 e. The monoisotopic (exact) mass is 266 g/mol. The van der Waals surface area contributed by atoms with Crippen LogP contribution in [0.1, 0.15) is 15.9 Å². The molecule has 1 aromatic rings. The van der Waals surface area contributed by atoms with Crippen molar-refractivity contribution in [3.05, 3.63) is 35.1 Å². The maximum atomic E-state index is 13.5. The molecule has 7 heteroatoms. The summed E-state index contributed by atoms with van der Waals surface area (Å²) in [6.45, 7) is -0.0860. The molecule has 0 saturated carbocycles. The fourth-order valence-corrected chi connectivity index (χ4v) is 1.20. The second kappa shape index (κ2) is 5.81. The Morgan fingerprint density at radius 1 is 1.28 bits per heavy atom. The normalized spacial score (nSPS) is 11.4. The average molecular weight is 266 g/mol. The molecular weight excluding hydrogens is 256 g/mol. The summed E-state index contributed by atoms with van der Waals surface area (Å²) in [5, 5.41) is 0. The van der Waals surface area contributed by atoms with Gasteiger partial charge in [0.15, 0.2) is 0 Å². The lowest BCUT2D eigenvalue weighted by Gasteiger charge is -2.10. The van der Waals surface area contributed by atoms with E-state index in [1.165, 1.54) is 7.11 Å². The van der Waals surface area contributed by atoms with Gasteiger partial charge in [0.05, 0.1) is 17.7 Å². The smallest absolute Gasteiger partial charge is 0.419 e. The van der Waals surface area contributed by atoms with Crippen molar-refractivity contribution in [2.45, 2.75) is 6.18 Å². The van der Waals surface area contributed by atoms with Crippen molar-refractivity contribution in [1.82, 2.24) is 0 Å². The SMILES string of the molecule is COCCOC(=O)c1cccc(C(F)(F)F)c1F. The average Bonchev–Trinajstić information content (AvgIpc) is 2.28. The molecule has 0 aromatic heterocycles. The van der Waals surface area contributed by atoms with Crippen molar-refractivity contribution >= 4 is 5.97 Å². The van der Waals surface area contributed by atoms with E-state index < -0.39 is 29.1 Å². The molecule has 1 aromatic carbocycles. The van der Waals surface area contributed by atoms with E-state index in [1.54, 1.807) is 0 Å². The van der Waals surface area contributed by atoms with Crippen LogP contribution < -0.4 is 0 Å². The quantitative estimate of drug-likeness (QED) is 0.477. The largest absolute Gasteiger partial charge is 0.460 e. The number of alkyl halides is 3. The Morgan fingerprint density at radius 3 is 2.50 bits per heavy atom. The number of hydrogen-bond acceptors (Lipinski definition) is 3. The van der Waals surface area contributed by atoms with Crippen LogP contribution in [0.25, 0.3) is 0 Å². The highest BCUT2D eigenvalue weighted by molar-refractivity contribution is 5.90. The zero-order valence-corrected chi connectivity index (χ0v) is 9.38. The first-order chi connectivity index (χ1) is 8.38. The van der Waals surface area contributed by atoms with Gasteiger partial charge in [-0.25, -0.2) is 9.18 Å². The summed E-state index contributed by atoms with van der Waals surface area (Å²) in [4.78, 5) is 11.3. The van der Waals surface area contributed by atoms with E-state index in [4.69, 9.17) is 0 Å². The standard InChI is InChI=1S/C11H10F4O3/c1-17-5-6-18-10(16)7-3-2-4-8(9(7)12)11(13,14)15/h2-4H,5-6H2,1H3. The third kappa shape index (κ3) is 3.43. The van der Waals surface area contributed by atoms with Crippen LogP contribution in [-0.2, 0) is 15.7 Å². The van der Waals surface area contributed by atoms with Gasteiger partial charge in [-0.1, -0.05) is 6.07 Å². The van der Waals surface area contributed by atoms with Crippen LogP contribution in [0.5, 0.6) is 0 Å². The van der Waals surface area contributed by atoms with Crippen LogP contribution in [0.3, 0.4) is 0 Å². The Balaban J connectivity index is 2.93. The summed E-state index contributed by atoms with van der Waals surface area (Å²) >= 11 is 0. The van der Waals surface area contributed by atoms with Crippen LogP contribution >= 0.6 is 0 Å². The third-order valence-electron chi connectivity index (χ3n) is 2.04. The number of rotatable bonds is 4. The van der Waals surface area contributed by atoms with E-state index in [0.29, 0.717) is 6.07 Å². The van der Waals surface area contributed by atoms with E-state index in [1.807, 2.05) is 0 Å². The zero-order chi connectivity index (χ0) is 13.8. The van der Waals surface area contributed by atoms with E-state index in [-0.39, 0.29) is 13.2 Å². The van der Waals surface area contributed by atoms with Crippen molar-refractivity contribution < 1.29 is 31.8 Å². The number of esters is 1. The molecule has 0 aliphatic heterocycles. The summed E-state index contributed by atoms with van der Waals surface area (Å²) in [7, 11) is 1.36. The Morgan fingerprint density at radius 2 is 1.94 bits per heavy atom. The van der Waals surface area contributed by atoms with E-state index in [9.17, 15) is 22.4 Å². The van der Waals surface area contributed by atoms with Gasteiger partial charge >= 0.3 is 12.1 Å². The van der Waals surface area contributed by atoms with Gasteiger partial charge in [0.2, 0.25) is 0 Å².